The highest BCUT2D eigenvalue weighted by Gasteiger charge is 2.18. The zero-order valence-electron chi connectivity index (χ0n) is 20.1. The minimum Gasteiger partial charge on any atom is -0.348 e. The fourth-order valence-electron chi connectivity index (χ4n) is 2.19. The molecule has 1 atom stereocenters. The number of hydrogen-bond acceptors (Lipinski definition) is 2. The summed E-state index contributed by atoms with van der Waals surface area (Å²) in [6.07, 6.45) is -2.08. The fourth-order valence-corrected chi connectivity index (χ4v) is 2.19. The molecule has 0 radical (unpaired) electrons. The molecule has 3 aromatic rings. The highest BCUT2D eigenvalue weighted by Crippen LogP contribution is 2.26. The molecule has 0 aliphatic rings. The molecule has 0 saturated carbocycles. The van der Waals surface area contributed by atoms with Crippen LogP contribution in [0.25, 0.3) is 16.9 Å². The van der Waals surface area contributed by atoms with Gasteiger partial charge in [-0.25, -0.2) is 4.98 Å². The van der Waals surface area contributed by atoms with Crippen molar-refractivity contribution in [1.82, 2.24) is 14.3 Å². The van der Waals surface area contributed by atoms with Crippen molar-refractivity contribution in [2.75, 3.05) is 14.1 Å². The largest absolute Gasteiger partial charge is 0.348 e. The van der Waals surface area contributed by atoms with Gasteiger partial charge < -0.3 is 9.30 Å². The quantitative estimate of drug-likeness (QED) is 0.744. The normalized spacial score (nSPS) is 17.3. The first kappa shape index (κ1) is 8.87. The molecule has 0 aliphatic heterocycles. The molecule has 0 bridgehead atoms. The smallest absolute Gasteiger partial charge is 0.228 e. The van der Waals surface area contributed by atoms with Crippen molar-refractivity contribution >= 4 is 11.6 Å². The molecule has 23 heavy (non-hydrogen) atoms. The Balaban J connectivity index is 2.49. The summed E-state index contributed by atoms with van der Waals surface area (Å²) in [4.78, 5) is 18.2. The molecule has 4 heteroatoms. The maximum absolute atomic E-state index is 12.6. The summed E-state index contributed by atoms with van der Waals surface area (Å²) in [5, 5.41) is 0. The molecule has 0 N–H and O–H groups in total. The lowest BCUT2D eigenvalue weighted by atomic mass is 10.1. The van der Waals surface area contributed by atoms with E-state index in [0.717, 1.165) is 9.96 Å². The van der Waals surface area contributed by atoms with Gasteiger partial charge in [0.2, 0.25) is 5.91 Å². The Bertz CT molecular complexity index is 1130. The minimum atomic E-state index is -2.81. The van der Waals surface area contributed by atoms with E-state index < -0.39 is 43.0 Å². The number of amides is 1. The topological polar surface area (TPSA) is 37.6 Å². The Morgan fingerprint density at radius 2 is 2.04 bits per heavy atom. The number of hydrogen-bond donors (Lipinski definition) is 0. The van der Waals surface area contributed by atoms with Gasteiger partial charge in [-0.2, -0.15) is 0 Å². The number of benzene rings is 1. The highest BCUT2D eigenvalue weighted by molar-refractivity contribution is 5.81. The standard InChI is InChI=1S/C19H21N3O/c1-13-5-8-15(9-6-13)19-16(11-18(23)21(3)4)22-12-14(2)7-10-17(22)20-19/h5-10,12H,11H2,1-4H3/i2D3,7D,10D,11D,12D. The lowest BCUT2D eigenvalue weighted by Gasteiger charge is -2.11. The van der Waals surface area contributed by atoms with Crippen LogP contribution in [0.2, 0.25) is 0 Å². The molecule has 3 rings (SSSR count). The van der Waals surface area contributed by atoms with Crippen molar-refractivity contribution < 1.29 is 14.4 Å². The Labute approximate surface area is 146 Å². The second kappa shape index (κ2) is 5.88. The van der Waals surface area contributed by atoms with E-state index in [1.54, 1.807) is 12.1 Å². The van der Waals surface area contributed by atoms with Gasteiger partial charge in [-0.1, -0.05) is 35.9 Å². The second-order valence-corrected chi connectivity index (χ2v) is 5.48. The maximum Gasteiger partial charge on any atom is 0.228 e. The number of carbonyl (C=O) groups excluding carboxylic acids is 1. The van der Waals surface area contributed by atoms with Crippen LogP contribution < -0.4 is 0 Å². The van der Waals surface area contributed by atoms with Gasteiger partial charge in [-0.15, -0.1) is 0 Å². The summed E-state index contributed by atoms with van der Waals surface area (Å²) in [6, 6.07) is 6.05. The van der Waals surface area contributed by atoms with Crippen molar-refractivity contribution in [3.05, 3.63) is 59.3 Å². The Morgan fingerprint density at radius 1 is 1.30 bits per heavy atom. The number of nitrogens with zero attached hydrogens (tertiary/aromatic N) is 3. The van der Waals surface area contributed by atoms with E-state index in [1.165, 1.54) is 19.0 Å². The third-order valence-corrected chi connectivity index (χ3v) is 3.46. The van der Waals surface area contributed by atoms with Gasteiger partial charge in [-0.3, -0.25) is 4.79 Å². The summed E-state index contributed by atoms with van der Waals surface area (Å²) in [7, 11) is 2.98. The molecule has 1 aromatic carbocycles. The van der Waals surface area contributed by atoms with Gasteiger partial charge >= 0.3 is 0 Å². The molecule has 1 amide bonds. The number of likely N-dealkylation sites (N-methyl/N-ethyl adjacent to an activating group) is 1. The second-order valence-electron chi connectivity index (χ2n) is 5.48. The summed E-state index contributed by atoms with van der Waals surface area (Å²) in [5.74, 6) is -0.582. The molecule has 1 unspecified atom stereocenters. The number of aryl methyl sites for hydroxylation is 1. The van der Waals surface area contributed by atoms with Crippen LogP contribution in [-0.2, 0) is 11.2 Å². The summed E-state index contributed by atoms with van der Waals surface area (Å²) in [6.45, 7) is -0.914. The number of rotatable bonds is 3. The van der Waals surface area contributed by atoms with Gasteiger partial charge in [0, 0.05) is 31.3 Å². The van der Waals surface area contributed by atoms with Gasteiger partial charge in [0.05, 0.1) is 21.9 Å². The molecule has 2 aromatic heterocycles. The van der Waals surface area contributed by atoms with E-state index in [-0.39, 0.29) is 17.0 Å². The zero-order valence-corrected chi connectivity index (χ0v) is 13.1. The Morgan fingerprint density at radius 3 is 2.70 bits per heavy atom. The minimum absolute atomic E-state index is 0.00319. The SMILES string of the molecule is [2H]c1c(C([2H])([2H])[2H])c([2H])n2c(C([2H])C(=O)N(C)C)c(-c3ccc(C)cc3)nc2c1[2H]. The van der Waals surface area contributed by atoms with Gasteiger partial charge in [0.1, 0.15) is 5.65 Å². The molecule has 0 fully saturated rings. The van der Waals surface area contributed by atoms with E-state index in [4.69, 9.17) is 9.60 Å². The van der Waals surface area contributed by atoms with Crippen LogP contribution in [0.1, 0.15) is 26.4 Å². The van der Waals surface area contributed by atoms with Crippen molar-refractivity contribution in [1.29, 1.82) is 0 Å². The first-order valence-corrected chi connectivity index (χ1v) is 7.09. The van der Waals surface area contributed by atoms with Crippen molar-refractivity contribution in [2.45, 2.75) is 20.2 Å². The van der Waals surface area contributed by atoms with E-state index in [1.807, 2.05) is 19.1 Å². The number of aromatic nitrogens is 2. The number of fused-ring (bicyclic) bond motifs is 1. The summed E-state index contributed by atoms with van der Waals surface area (Å²) >= 11 is 0. The monoisotopic (exact) mass is 314 g/mol. The lowest BCUT2D eigenvalue weighted by molar-refractivity contribution is -0.128. The Hall–Kier alpha value is -2.62. The highest BCUT2D eigenvalue weighted by atomic mass is 16.2. The molecular formula is C19H21N3O. The lowest BCUT2D eigenvalue weighted by Crippen LogP contribution is -2.24. The van der Waals surface area contributed by atoms with E-state index in [2.05, 4.69) is 4.98 Å². The summed E-state index contributed by atoms with van der Waals surface area (Å²) < 4.78 is 57.6. The first-order chi connectivity index (χ1) is 13.9. The molecule has 4 nitrogen and oxygen atoms in total. The van der Waals surface area contributed by atoms with E-state index >= 15 is 0 Å². The third-order valence-electron chi connectivity index (χ3n) is 3.46. The number of carbonyl (C=O) groups is 1. The van der Waals surface area contributed by atoms with Crippen molar-refractivity contribution in [3.8, 4) is 11.3 Å². The molecule has 0 aliphatic carbocycles. The first-order valence-electron chi connectivity index (χ1n) is 10.7. The van der Waals surface area contributed by atoms with Crippen molar-refractivity contribution in [2.24, 2.45) is 0 Å². The third kappa shape index (κ3) is 2.97. The van der Waals surface area contributed by atoms with Gasteiger partial charge in [-0.05, 0) is 25.4 Å². The molecule has 0 saturated heterocycles. The van der Waals surface area contributed by atoms with Crippen LogP contribution in [0.3, 0.4) is 0 Å². The maximum atomic E-state index is 12.6. The van der Waals surface area contributed by atoms with Crippen LogP contribution in [0.5, 0.6) is 0 Å². The zero-order chi connectivity index (χ0) is 22.5. The van der Waals surface area contributed by atoms with Crippen LogP contribution in [-0.4, -0.2) is 34.3 Å². The van der Waals surface area contributed by atoms with E-state index in [9.17, 15) is 4.79 Å². The Kier molecular flexibility index (Phi) is 2.27. The summed E-state index contributed by atoms with van der Waals surface area (Å²) in [5.41, 5.74) is 0.997. The molecule has 2 heterocycles. The number of imidazole rings is 1. The van der Waals surface area contributed by atoms with Crippen LogP contribution in [0.15, 0.2) is 42.5 Å². The predicted molar refractivity (Wildman–Crippen MR) is 92.5 cm³/mol. The van der Waals surface area contributed by atoms with Gasteiger partial charge in [0.15, 0.2) is 0 Å². The van der Waals surface area contributed by atoms with Gasteiger partial charge in [0.25, 0.3) is 0 Å². The average Bonchev–Trinajstić information content (AvgIpc) is 3.05. The molecular weight excluding hydrogens is 286 g/mol. The van der Waals surface area contributed by atoms with Crippen LogP contribution >= 0.6 is 0 Å². The predicted octanol–water partition coefficient (Wildman–Crippen LogP) is 3.25. The number of pyridine rings is 1. The fraction of sp³-hybridized carbons (Fsp3) is 0.263. The van der Waals surface area contributed by atoms with Crippen LogP contribution in [0, 0.1) is 13.8 Å². The van der Waals surface area contributed by atoms with Crippen LogP contribution in [0.4, 0.5) is 0 Å². The van der Waals surface area contributed by atoms with E-state index in [0.29, 0.717) is 5.56 Å². The molecule has 0 spiro atoms. The molecule has 118 valence electrons. The van der Waals surface area contributed by atoms with Crippen molar-refractivity contribution in [3.63, 3.8) is 0 Å². The average molecular weight is 314 g/mol.